The molecule has 0 amide bonds. The highest BCUT2D eigenvalue weighted by Crippen LogP contribution is 2.31. The standard InChI is InChI=1S/C18H21ClN2O/c1-22-18-7-2-4-13(9-18)14-8-16(20)12-21(11-14)17-6-3-5-15(19)10-17/h2-7,9-10,14,16H,8,11-12,20H2,1H3. The normalized spacial score (nSPS) is 21.7. The summed E-state index contributed by atoms with van der Waals surface area (Å²) < 4.78 is 5.34. The Morgan fingerprint density at radius 3 is 2.73 bits per heavy atom. The first-order chi connectivity index (χ1) is 10.7. The molecule has 116 valence electrons. The Morgan fingerprint density at radius 1 is 1.14 bits per heavy atom. The maximum Gasteiger partial charge on any atom is 0.119 e. The number of nitrogens with two attached hydrogens (primary N) is 1. The molecule has 0 aliphatic carbocycles. The van der Waals surface area contributed by atoms with Crippen molar-refractivity contribution in [3.63, 3.8) is 0 Å². The summed E-state index contributed by atoms with van der Waals surface area (Å²) in [6.07, 6.45) is 0.990. The van der Waals surface area contributed by atoms with E-state index >= 15 is 0 Å². The first kappa shape index (κ1) is 15.2. The SMILES string of the molecule is COc1cccc(C2CC(N)CN(c3cccc(Cl)c3)C2)c1. The van der Waals surface area contributed by atoms with Crippen LogP contribution in [0.5, 0.6) is 5.75 Å². The van der Waals surface area contributed by atoms with E-state index in [2.05, 4.69) is 23.1 Å². The van der Waals surface area contributed by atoms with Crippen molar-refractivity contribution in [2.75, 3.05) is 25.1 Å². The first-order valence-electron chi connectivity index (χ1n) is 7.56. The molecular formula is C18H21ClN2O. The van der Waals surface area contributed by atoms with E-state index < -0.39 is 0 Å². The minimum absolute atomic E-state index is 0.156. The predicted octanol–water partition coefficient (Wildman–Crippen LogP) is 3.67. The molecule has 0 saturated carbocycles. The third-order valence-electron chi connectivity index (χ3n) is 4.22. The Balaban J connectivity index is 1.84. The van der Waals surface area contributed by atoms with Gasteiger partial charge in [0.1, 0.15) is 5.75 Å². The van der Waals surface area contributed by atoms with E-state index in [0.29, 0.717) is 5.92 Å². The van der Waals surface area contributed by atoms with Crippen molar-refractivity contribution < 1.29 is 4.74 Å². The van der Waals surface area contributed by atoms with Gasteiger partial charge in [-0.25, -0.2) is 0 Å². The summed E-state index contributed by atoms with van der Waals surface area (Å²) in [5, 5.41) is 0.759. The lowest BCUT2D eigenvalue weighted by molar-refractivity contribution is 0.411. The number of methoxy groups -OCH3 is 1. The largest absolute Gasteiger partial charge is 0.497 e. The number of ether oxygens (including phenoxy) is 1. The highest BCUT2D eigenvalue weighted by molar-refractivity contribution is 6.30. The molecular weight excluding hydrogens is 296 g/mol. The second-order valence-electron chi connectivity index (χ2n) is 5.85. The van der Waals surface area contributed by atoms with Crippen molar-refractivity contribution in [1.29, 1.82) is 0 Å². The molecule has 22 heavy (non-hydrogen) atoms. The van der Waals surface area contributed by atoms with Crippen LogP contribution in [0.3, 0.4) is 0 Å². The number of nitrogens with zero attached hydrogens (tertiary/aromatic N) is 1. The van der Waals surface area contributed by atoms with Crippen molar-refractivity contribution in [2.24, 2.45) is 5.73 Å². The summed E-state index contributed by atoms with van der Waals surface area (Å²) in [5.41, 5.74) is 8.71. The van der Waals surface area contributed by atoms with Gasteiger partial charge in [-0.3, -0.25) is 0 Å². The smallest absolute Gasteiger partial charge is 0.119 e. The number of hydrogen-bond donors (Lipinski definition) is 1. The molecule has 0 spiro atoms. The lowest BCUT2D eigenvalue weighted by atomic mass is 9.88. The van der Waals surface area contributed by atoms with Crippen LogP contribution in [-0.4, -0.2) is 26.2 Å². The fourth-order valence-electron chi connectivity index (χ4n) is 3.16. The van der Waals surface area contributed by atoms with Crippen LogP contribution in [0.25, 0.3) is 0 Å². The van der Waals surface area contributed by atoms with Crippen molar-refractivity contribution in [3.05, 3.63) is 59.1 Å². The zero-order chi connectivity index (χ0) is 15.5. The Kier molecular flexibility index (Phi) is 4.55. The molecule has 2 N–H and O–H groups in total. The molecule has 1 aliphatic rings. The van der Waals surface area contributed by atoms with Crippen molar-refractivity contribution in [2.45, 2.75) is 18.4 Å². The lowest BCUT2D eigenvalue weighted by Gasteiger charge is -2.38. The number of rotatable bonds is 3. The maximum absolute atomic E-state index is 6.29. The Bertz CT molecular complexity index is 646. The van der Waals surface area contributed by atoms with E-state index in [1.807, 2.05) is 30.3 Å². The summed E-state index contributed by atoms with van der Waals surface area (Å²) in [6, 6.07) is 16.4. The summed E-state index contributed by atoms with van der Waals surface area (Å²) in [6.45, 7) is 1.81. The van der Waals surface area contributed by atoms with Gasteiger partial charge in [0, 0.05) is 35.8 Å². The molecule has 0 radical (unpaired) electrons. The first-order valence-corrected chi connectivity index (χ1v) is 7.93. The molecule has 0 bridgehead atoms. The van der Waals surface area contributed by atoms with Crippen LogP contribution in [-0.2, 0) is 0 Å². The van der Waals surface area contributed by atoms with Crippen LogP contribution in [0.2, 0.25) is 5.02 Å². The molecule has 0 aromatic heterocycles. The summed E-state index contributed by atoms with van der Waals surface area (Å²) in [5.74, 6) is 1.30. The Morgan fingerprint density at radius 2 is 1.95 bits per heavy atom. The van der Waals surface area contributed by atoms with Gasteiger partial charge in [0.15, 0.2) is 0 Å². The van der Waals surface area contributed by atoms with E-state index in [-0.39, 0.29) is 6.04 Å². The molecule has 1 saturated heterocycles. The Labute approximate surface area is 136 Å². The van der Waals surface area contributed by atoms with Gasteiger partial charge in [0.25, 0.3) is 0 Å². The highest BCUT2D eigenvalue weighted by atomic mass is 35.5. The average Bonchev–Trinajstić information content (AvgIpc) is 2.54. The number of hydrogen-bond acceptors (Lipinski definition) is 3. The highest BCUT2D eigenvalue weighted by Gasteiger charge is 2.26. The number of benzene rings is 2. The zero-order valence-electron chi connectivity index (χ0n) is 12.7. The minimum Gasteiger partial charge on any atom is -0.497 e. The van der Waals surface area contributed by atoms with Gasteiger partial charge in [-0.1, -0.05) is 29.8 Å². The van der Waals surface area contributed by atoms with Crippen LogP contribution in [0.1, 0.15) is 17.9 Å². The topological polar surface area (TPSA) is 38.5 Å². The van der Waals surface area contributed by atoms with Gasteiger partial charge in [-0.2, -0.15) is 0 Å². The van der Waals surface area contributed by atoms with Crippen LogP contribution in [0.15, 0.2) is 48.5 Å². The summed E-state index contributed by atoms with van der Waals surface area (Å²) in [7, 11) is 1.70. The van der Waals surface area contributed by atoms with Crippen molar-refractivity contribution in [3.8, 4) is 5.75 Å². The molecule has 2 aromatic rings. The molecule has 2 unspecified atom stereocenters. The molecule has 3 nitrogen and oxygen atoms in total. The number of piperidine rings is 1. The van der Waals surface area contributed by atoms with E-state index in [1.165, 1.54) is 5.56 Å². The van der Waals surface area contributed by atoms with Gasteiger partial charge < -0.3 is 15.4 Å². The molecule has 2 aromatic carbocycles. The van der Waals surface area contributed by atoms with Gasteiger partial charge in [-0.15, -0.1) is 0 Å². The fourth-order valence-corrected chi connectivity index (χ4v) is 3.34. The Hall–Kier alpha value is -1.71. The van der Waals surface area contributed by atoms with E-state index in [9.17, 15) is 0 Å². The molecule has 4 heteroatoms. The third kappa shape index (κ3) is 3.37. The van der Waals surface area contributed by atoms with Gasteiger partial charge in [-0.05, 0) is 42.3 Å². The van der Waals surface area contributed by atoms with E-state index in [1.54, 1.807) is 7.11 Å². The third-order valence-corrected chi connectivity index (χ3v) is 4.46. The second kappa shape index (κ2) is 6.59. The van der Waals surface area contributed by atoms with Crippen LogP contribution in [0, 0.1) is 0 Å². The average molecular weight is 317 g/mol. The van der Waals surface area contributed by atoms with Gasteiger partial charge >= 0.3 is 0 Å². The van der Waals surface area contributed by atoms with E-state index in [0.717, 1.165) is 36.0 Å². The minimum atomic E-state index is 0.156. The van der Waals surface area contributed by atoms with Crippen LogP contribution < -0.4 is 15.4 Å². The van der Waals surface area contributed by atoms with Crippen LogP contribution >= 0.6 is 11.6 Å². The zero-order valence-corrected chi connectivity index (χ0v) is 13.5. The van der Waals surface area contributed by atoms with Gasteiger partial charge in [0.2, 0.25) is 0 Å². The fraction of sp³-hybridized carbons (Fsp3) is 0.333. The van der Waals surface area contributed by atoms with Crippen LogP contribution in [0.4, 0.5) is 5.69 Å². The molecule has 1 fully saturated rings. The summed E-state index contributed by atoms with van der Waals surface area (Å²) in [4.78, 5) is 2.32. The monoisotopic (exact) mass is 316 g/mol. The van der Waals surface area contributed by atoms with Crippen molar-refractivity contribution >= 4 is 17.3 Å². The summed E-state index contributed by atoms with van der Waals surface area (Å²) >= 11 is 6.12. The number of halogens is 1. The second-order valence-corrected chi connectivity index (χ2v) is 6.29. The van der Waals surface area contributed by atoms with E-state index in [4.69, 9.17) is 22.1 Å². The lowest BCUT2D eigenvalue weighted by Crippen LogP contribution is -2.46. The molecule has 3 rings (SSSR count). The van der Waals surface area contributed by atoms with Crippen molar-refractivity contribution in [1.82, 2.24) is 0 Å². The molecule has 1 aliphatic heterocycles. The quantitative estimate of drug-likeness (QED) is 0.939. The molecule has 1 heterocycles. The maximum atomic E-state index is 6.29. The predicted molar refractivity (Wildman–Crippen MR) is 92.0 cm³/mol. The number of anilines is 1. The van der Waals surface area contributed by atoms with Gasteiger partial charge in [0.05, 0.1) is 7.11 Å². The molecule has 2 atom stereocenters.